The van der Waals surface area contributed by atoms with Gasteiger partial charge in [0.05, 0.1) is 24.5 Å². The molecule has 0 radical (unpaired) electrons. The number of aromatic nitrogens is 3. The molecule has 5 nitrogen and oxygen atoms in total. The van der Waals surface area contributed by atoms with Crippen molar-refractivity contribution in [3.8, 4) is 5.75 Å². The molecule has 2 heterocycles. The number of aryl methyl sites for hydroxylation is 1. The summed E-state index contributed by atoms with van der Waals surface area (Å²) in [6.45, 7) is 4.34. The SMILES string of the molecule is COc1cccc2c1nc(C(C)Cl)n2Cc1cc(C)on1. The number of fused-ring (bicyclic) bond motifs is 1. The van der Waals surface area contributed by atoms with Crippen LogP contribution in [0.5, 0.6) is 5.75 Å². The summed E-state index contributed by atoms with van der Waals surface area (Å²) in [5, 5.41) is 3.83. The van der Waals surface area contributed by atoms with Gasteiger partial charge in [-0.15, -0.1) is 11.6 Å². The van der Waals surface area contributed by atoms with Gasteiger partial charge in [-0.25, -0.2) is 4.98 Å². The molecule has 1 unspecified atom stereocenters. The van der Waals surface area contributed by atoms with E-state index in [9.17, 15) is 0 Å². The number of rotatable bonds is 4. The van der Waals surface area contributed by atoms with Crippen molar-refractivity contribution in [3.05, 3.63) is 41.5 Å². The number of alkyl halides is 1. The van der Waals surface area contributed by atoms with Gasteiger partial charge in [0.15, 0.2) is 0 Å². The molecule has 110 valence electrons. The van der Waals surface area contributed by atoms with E-state index < -0.39 is 0 Å². The summed E-state index contributed by atoms with van der Waals surface area (Å²) in [4.78, 5) is 4.63. The zero-order valence-electron chi connectivity index (χ0n) is 12.1. The summed E-state index contributed by atoms with van der Waals surface area (Å²) in [7, 11) is 1.64. The minimum atomic E-state index is -0.213. The van der Waals surface area contributed by atoms with E-state index >= 15 is 0 Å². The van der Waals surface area contributed by atoms with Crippen LogP contribution in [-0.4, -0.2) is 21.8 Å². The zero-order chi connectivity index (χ0) is 15.0. The van der Waals surface area contributed by atoms with Gasteiger partial charge in [0.2, 0.25) is 0 Å². The summed E-state index contributed by atoms with van der Waals surface area (Å²) in [5.74, 6) is 2.31. The van der Waals surface area contributed by atoms with Crippen LogP contribution < -0.4 is 4.74 Å². The maximum Gasteiger partial charge on any atom is 0.146 e. The van der Waals surface area contributed by atoms with Crippen molar-refractivity contribution in [3.63, 3.8) is 0 Å². The number of benzene rings is 1. The molecule has 0 amide bonds. The average Bonchev–Trinajstić information content (AvgIpc) is 3.03. The van der Waals surface area contributed by atoms with E-state index in [1.165, 1.54) is 0 Å². The lowest BCUT2D eigenvalue weighted by Crippen LogP contribution is -2.06. The number of nitrogens with zero attached hydrogens (tertiary/aromatic N) is 3. The topological polar surface area (TPSA) is 53.1 Å². The Hall–Kier alpha value is -2.01. The van der Waals surface area contributed by atoms with Crippen molar-refractivity contribution in [2.45, 2.75) is 25.8 Å². The van der Waals surface area contributed by atoms with Crippen LogP contribution in [0, 0.1) is 6.92 Å². The molecule has 0 bridgehead atoms. The lowest BCUT2D eigenvalue weighted by Gasteiger charge is -2.08. The van der Waals surface area contributed by atoms with Crippen molar-refractivity contribution in [1.82, 2.24) is 14.7 Å². The third kappa shape index (κ3) is 2.49. The lowest BCUT2D eigenvalue weighted by atomic mass is 10.3. The number of para-hydroxylation sites is 1. The molecule has 0 fully saturated rings. The molecule has 0 aliphatic heterocycles. The van der Waals surface area contributed by atoms with E-state index in [-0.39, 0.29) is 5.38 Å². The van der Waals surface area contributed by atoms with Gasteiger partial charge < -0.3 is 13.8 Å². The van der Waals surface area contributed by atoms with Crippen LogP contribution >= 0.6 is 11.6 Å². The highest BCUT2D eigenvalue weighted by molar-refractivity contribution is 6.20. The van der Waals surface area contributed by atoms with Crippen LogP contribution in [0.1, 0.15) is 29.6 Å². The Bertz CT molecular complexity index is 776. The number of imidazole rings is 1. The first-order valence-corrected chi connectivity index (χ1v) is 7.13. The smallest absolute Gasteiger partial charge is 0.146 e. The molecule has 3 rings (SSSR count). The van der Waals surface area contributed by atoms with Crippen LogP contribution in [0.15, 0.2) is 28.8 Å². The Balaban J connectivity index is 2.16. The number of hydrogen-bond acceptors (Lipinski definition) is 4. The summed E-state index contributed by atoms with van der Waals surface area (Å²) in [5.41, 5.74) is 2.62. The van der Waals surface area contributed by atoms with E-state index in [4.69, 9.17) is 20.9 Å². The first kappa shape index (κ1) is 13.9. The fourth-order valence-corrected chi connectivity index (χ4v) is 2.59. The Labute approximate surface area is 127 Å². The molecular formula is C15H16ClN3O2. The van der Waals surface area contributed by atoms with Crippen LogP contribution in [0.3, 0.4) is 0 Å². The van der Waals surface area contributed by atoms with E-state index in [1.807, 2.05) is 42.7 Å². The molecule has 0 saturated carbocycles. The highest BCUT2D eigenvalue weighted by Crippen LogP contribution is 2.30. The minimum Gasteiger partial charge on any atom is -0.494 e. The molecule has 6 heteroatoms. The molecule has 0 spiro atoms. The highest BCUT2D eigenvalue weighted by Gasteiger charge is 2.18. The summed E-state index contributed by atoms with van der Waals surface area (Å²) in [6, 6.07) is 7.74. The summed E-state index contributed by atoms with van der Waals surface area (Å²) >= 11 is 6.28. The number of ether oxygens (including phenoxy) is 1. The standard InChI is InChI=1S/C15H16ClN3O2/c1-9-7-11(18-21-9)8-19-12-5-4-6-13(20-3)14(12)17-15(19)10(2)16/h4-7,10H,8H2,1-3H3. The Morgan fingerprint density at radius 3 is 2.86 bits per heavy atom. The average molecular weight is 306 g/mol. The monoisotopic (exact) mass is 305 g/mol. The van der Waals surface area contributed by atoms with E-state index in [0.29, 0.717) is 6.54 Å². The van der Waals surface area contributed by atoms with Gasteiger partial charge in [0, 0.05) is 6.07 Å². The van der Waals surface area contributed by atoms with Gasteiger partial charge in [-0.05, 0) is 26.0 Å². The van der Waals surface area contributed by atoms with Crippen LogP contribution in [0.2, 0.25) is 0 Å². The first-order valence-electron chi connectivity index (χ1n) is 6.69. The van der Waals surface area contributed by atoms with Gasteiger partial charge in [-0.2, -0.15) is 0 Å². The first-order chi connectivity index (χ1) is 10.1. The van der Waals surface area contributed by atoms with Crippen LogP contribution in [-0.2, 0) is 6.54 Å². The molecule has 1 atom stereocenters. The third-order valence-corrected chi connectivity index (χ3v) is 3.54. The quantitative estimate of drug-likeness (QED) is 0.690. The Morgan fingerprint density at radius 2 is 2.24 bits per heavy atom. The van der Waals surface area contributed by atoms with Crippen molar-refractivity contribution in [1.29, 1.82) is 0 Å². The van der Waals surface area contributed by atoms with Gasteiger partial charge >= 0.3 is 0 Å². The number of hydrogen-bond donors (Lipinski definition) is 0. The number of halogens is 1. The second-order valence-corrected chi connectivity index (χ2v) is 5.58. The molecule has 21 heavy (non-hydrogen) atoms. The molecule has 1 aromatic carbocycles. The molecule has 0 N–H and O–H groups in total. The number of methoxy groups -OCH3 is 1. The fourth-order valence-electron chi connectivity index (χ4n) is 2.43. The summed E-state index contributed by atoms with van der Waals surface area (Å²) < 4.78 is 12.6. The van der Waals surface area contributed by atoms with E-state index in [2.05, 4.69) is 10.1 Å². The maximum absolute atomic E-state index is 6.28. The largest absolute Gasteiger partial charge is 0.494 e. The van der Waals surface area contributed by atoms with Gasteiger partial charge in [0.1, 0.15) is 28.5 Å². The van der Waals surface area contributed by atoms with Crippen molar-refractivity contribution in [2.75, 3.05) is 7.11 Å². The van der Waals surface area contributed by atoms with Gasteiger partial charge in [-0.1, -0.05) is 11.2 Å². The molecule has 2 aromatic heterocycles. The molecular weight excluding hydrogens is 290 g/mol. The van der Waals surface area contributed by atoms with Gasteiger partial charge in [-0.3, -0.25) is 0 Å². The lowest BCUT2D eigenvalue weighted by molar-refractivity contribution is 0.389. The molecule has 0 aliphatic rings. The van der Waals surface area contributed by atoms with Crippen molar-refractivity contribution < 1.29 is 9.26 Å². The maximum atomic E-state index is 6.28. The summed E-state index contributed by atoms with van der Waals surface area (Å²) in [6.07, 6.45) is 0. The molecule has 0 aliphatic carbocycles. The van der Waals surface area contributed by atoms with Crippen molar-refractivity contribution in [2.24, 2.45) is 0 Å². The second kappa shape index (κ2) is 5.41. The van der Waals surface area contributed by atoms with E-state index in [0.717, 1.165) is 34.1 Å². The van der Waals surface area contributed by atoms with Crippen LogP contribution in [0.4, 0.5) is 0 Å². The molecule has 3 aromatic rings. The predicted octanol–water partition coefficient (Wildman–Crippen LogP) is 3.69. The zero-order valence-corrected chi connectivity index (χ0v) is 12.9. The second-order valence-electron chi connectivity index (χ2n) is 4.93. The predicted molar refractivity (Wildman–Crippen MR) is 80.9 cm³/mol. The minimum absolute atomic E-state index is 0.213. The normalized spacial score (nSPS) is 12.8. The van der Waals surface area contributed by atoms with Crippen LogP contribution in [0.25, 0.3) is 11.0 Å². The Morgan fingerprint density at radius 1 is 1.43 bits per heavy atom. The molecule has 0 saturated heterocycles. The Kier molecular flexibility index (Phi) is 3.59. The fraction of sp³-hybridized carbons (Fsp3) is 0.333. The van der Waals surface area contributed by atoms with E-state index in [1.54, 1.807) is 7.11 Å². The third-order valence-electron chi connectivity index (χ3n) is 3.34. The van der Waals surface area contributed by atoms with Gasteiger partial charge in [0.25, 0.3) is 0 Å². The van der Waals surface area contributed by atoms with Crippen molar-refractivity contribution >= 4 is 22.6 Å². The highest BCUT2D eigenvalue weighted by atomic mass is 35.5.